The lowest BCUT2D eigenvalue weighted by atomic mass is 10.1. The minimum atomic E-state index is -4.65. The molecule has 1 fully saturated rings. The van der Waals surface area contributed by atoms with Crippen molar-refractivity contribution in [2.24, 2.45) is 5.92 Å². The molecule has 0 saturated carbocycles. The zero-order valence-corrected chi connectivity index (χ0v) is 10.4. The molecule has 1 N–H and O–H groups in total. The van der Waals surface area contributed by atoms with Gasteiger partial charge in [-0.15, -0.1) is 0 Å². The fourth-order valence-electron chi connectivity index (χ4n) is 2.34. The number of non-ortho nitro benzene ring substituents is 1. The average Bonchev–Trinajstić information content (AvgIpc) is 2.85. The van der Waals surface area contributed by atoms with Gasteiger partial charge in [-0.25, -0.2) is 0 Å². The van der Waals surface area contributed by atoms with Crippen LogP contribution in [0.2, 0.25) is 0 Å². The Hall–Kier alpha value is -1.83. The highest BCUT2D eigenvalue weighted by Crippen LogP contribution is 2.40. The lowest BCUT2D eigenvalue weighted by Crippen LogP contribution is -2.24. The summed E-state index contributed by atoms with van der Waals surface area (Å²) in [4.78, 5) is 11.3. The van der Waals surface area contributed by atoms with Crippen LogP contribution in [0.5, 0.6) is 0 Å². The Morgan fingerprint density at radius 1 is 1.45 bits per heavy atom. The number of halogens is 3. The smallest absolute Gasteiger partial charge is 0.396 e. The van der Waals surface area contributed by atoms with E-state index in [-0.39, 0.29) is 18.2 Å². The van der Waals surface area contributed by atoms with Gasteiger partial charge in [0, 0.05) is 43.4 Å². The van der Waals surface area contributed by atoms with Crippen molar-refractivity contribution in [2.45, 2.75) is 12.6 Å². The number of nitro benzene ring substituents is 1. The second kappa shape index (κ2) is 5.28. The molecule has 1 aliphatic rings. The molecule has 0 aliphatic carbocycles. The van der Waals surface area contributed by atoms with E-state index in [1.807, 2.05) is 0 Å². The van der Waals surface area contributed by atoms with Gasteiger partial charge in [0.2, 0.25) is 0 Å². The summed E-state index contributed by atoms with van der Waals surface area (Å²) in [5.74, 6) is -0.0636. The molecule has 0 spiro atoms. The van der Waals surface area contributed by atoms with E-state index in [0.717, 1.165) is 12.1 Å². The molecule has 0 amide bonds. The van der Waals surface area contributed by atoms with Crippen LogP contribution < -0.4 is 4.90 Å². The topological polar surface area (TPSA) is 66.6 Å². The van der Waals surface area contributed by atoms with Gasteiger partial charge in [0.1, 0.15) is 0 Å². The maximum atomic E-state index is 13.0. The molecule has 1 aromatic carbocycles. The molecule has 20 heavy (non-hydrogen) atoms. The molecule has 110 valence electrons. The number of benzene rings is 1. The third-order valence-corrected chi connectivity index (χ3v) is 3.38. The molecule has 1 unspecified atom stereocenters. The number of nitro groups is 1. The van der Waals surface area contributed by atoms with Crippen LogP contribution in [0.3, 0.4) is 0 Å². The van der Waals surface area contributed by atoms with Crippen LogP contribution in [-0.4, -0.2) is 29.7 Å². The van der Waals surface area contributed by atoms with Gasteiger partial charge < -0.3 is 10.0 Å². The summed E-state index contributed by atoms with van der Waals surface area (Å²) in [6, 6.07) is 2.75. The summed E-state index contributed by atoms with van der Waals surface area (Å²) in [5, 5.41) is 19.6. The molecule has 0 bridgehead atoms. The van der Waals surface area contributed by atoms with Gasteiger partial charge >= 0.3 is 6.18 Å². The number of hydrogen-bond acceptors (Lipinski definition) is 4. The summed E-state index contributed by atoms with van der Waals surface area (Å²) < 4.78 is 39.1. The van der Waals surface area contributed by atoms with Gasteiger partial charge in [0.05, 0.1) is 10.5 Å². The highest BCUT2D eigenvalue weighted by Gasteiger charge is 2.37. The second-order valence-electron chi connectivity index (χ2n) is 4.74. The van der Waals surface area contributed by atoms with E-state index in [9.17, 15) is 23.3 Å². The molecule has 1 heterocycles. The van der Waals surface area contributed by atoms with Crippen molar-refractivity contribution in [1.82, 2.24) is 0 Å². The van der Waals surface area contributed by atoms with Gasteiger partial charge in [-0.05, 0) is 12.5 Å². The SMILES string of the molecule is O=[N+]([O-])c1ccc(N2CCC(CO)C2)c(C(F)(F)F)c1. The Labute approximate surface area is 112 Å². The number of aliphatic hydroxyl groups is 1. The molecule has 0 aromatic heterocycles. The molecule has 1 aromatic rings. The fraction of sp³-hybridized carbons (Fsp3) is 0.500. The summed E-state index contributed by atoms with van der Waals surface area (Å²) in [6.45, 7) is 0.633. The minimum absolute atomic E-state index is 0.0636. The second-order valence-corrected chi connectivity index (χ2v) is 4.74. The van der Waals surface area contributed by atoms with Crippen molar-refractivity contribution < 1.29 is 23.2 Å². The van der Waals surface area contributed by atoms with Gasteiger partial charge in [-0.2, -0.15) is 13.2 Å². The molecule has 0 radical (unpaired) electrons. The number of hydrogen-bond donors (Lipinski definition) is 1. The largest absolute Gasteiger partial charge is 0.418 e. The zero-order valence-electron chi connectivity index (χ0n) is 10.4. The zero-order chi connectivity index (χ0) is 14.9. The van der Waals surface area contributed by atoms with Crippen molar-refractivity contribution >= 4 is 11.4 Å². The maximum Gasteiger partial charge on any atom is 0.418 e. The molecule has 1 atom stereocenters. The molecule has 2 rings (SSSR count). The van der Waals surface area contributed by atoms with Gasteiger partial charge in [-0.1, -0.05) is 0 Å². The number of aliphatic hydroxyl groups excluding tert-OH is 1. The maximum absolute atomic E-state index is 13.0. The van der Waals surface area contributed by atoms with Crippen molar-refractivity contribution in [3.8, 4) is 0 Å². The van der Waals surface area contributed by atoms with Crippen LogP contribution in [-0.2, 0) is 6.18 Å². The van der Waals surface area contributed by atoms with Crippen molar-refractivity contribution in [3.63, 3.8) is 0 Å². The highest BCUT2D eigenvalue weighted by molar-refractivity contribution is 5.59. The van der Waals surface area contributed by atoms with Crippen molar-refractivity contribution in [2.75, 3.05) is 24.6 Å². The van der Waals surface area contributed by atoms with Crippen LogP contribution >= 0.6 is 0 Å². The number of nitrogens with zero attached hydrogens (tertiary/aromatic N) is 2. The molecule has 1 saturated heterocycles. The Morgan fingerprint density at radius 2 is 2.15 bits per heavy atom. The predicted molar refractivity (Wildman–Crippen MR) is 65.5 cm³/mol. The standard InChI is InChI=1S/C12H13F3N2O3/c13-12(14,15)10-5-9(17(19)20)1-2-11(10)16-4-3-8(6-16)7-18/h1-2,5,8,18H,3-4,6-7H2. The molecular weight excluding hydrogens is 277 g/mol. The van der Waals surface area contributed by atoms with E-state index in [0.29, 0.717) is 25.6 Å². The summed E-state index contributed by atoms with van der Waals surface area (Å²) >= 11 is 0. The lowest BCUT2D eigenvalue weighted by molar-refractivity contribution is -0.385. The van der Waals surface area contributed by atoms with E-state index in [1.54, 1.807) is 0 Å². The average molecular weight is 290 g/mol. The Balaban J connectivity index is 2.40. The van der Waals surface area contributed by atoms with Crippen LogP contribution in [0, 0.1) is 16.0 Å². The van der Waals surface area contributed by atoms with Crippen LogP contribution in [0.25, 0.3) is 0 Å². The first-order valence-corrected chi connectivity index (χ1v) is 6.04. The van der Waals surface area contributed by atoms with Crippen LogP contribution in [0.15, 0.2) is 18.2 Å². The van der Waals surface area contributed by atoms with Crippen LogP contribution in [0.4, 0.5) is 24.5 Å². The summed E-state index contributed by atoms with van der Waals surface area (Å²) in [5.41, 5.74) is -1.66. The Kier molecular flexibility index (Phi) is 3.85. The van der Waals surface area contributed by atoms with E-state index in [1.165, 1.54) is 4.90 Å². The third-order valence-electron chi connectivity index (χ3n) is 3.38. The lowest BCUT2D eigenvalue weighted by Gasteiger charge is -2.22. The van der Waals surface area contributed by atoms with Gasteiger partial charge in [0.15, 0.2) is 0 Å². The predicted octanol–water partition coefficient (Wildman–Crippen LogP) is 2.43. The normalized spacial score (nSPS) is 19.4. The summed E-state index contributed by atoms with van der Waals surface area (Å²) in [7, 11) is 0. The third kappa shape index (κ3) is 2.84. The first kappa shape index (κ1) is 14.6. The quantitative estimate of drug-likeness (QED) is 0.686. The Morgan fingerprint density at radius 3 is 2.65 bits per heavy atom. The fourth-order valence-corrected chi connectivity index (χ4v) is 2.34. The number of alkyl halides is 3. The van der Waals surface area contributed by atoms with Crippen molar-refractivity contribution in [3.05, 3.63) is 33.9 Å². The van der Waals surface area contributed by atoms with E-state index >= 15 is 0 Å². The molecule has 8 heteroatoms. The van der Waals surface area contributed by atoms with E-state index in [4.69, 9.17) is 5.11 Å². The summed E-state index contributed by atoms with van der Waals surface area (Å²) in [6.07, 6.45) is -4.05. The first-order valence-electron chi connectivity index (χ1n) is 6.04. The first-order chi connectivity index (χ1) is 9.32. The number of anilines is 1. The monoisotopic (exact) mass is 290 g/mol. The number of rotatable bonds is 3. The van der Waals surface area contributed by atoms with Crippen LogP contribution in [0.1, 0.15) is 12.0 Å². The van der Waals surface area contributed by atoms with E-state index in [2.05, 4.69) is 0 Å². The van der Waals surface area contributed by atoms with E-state index < -0.39 is 22.4 Å². The molecular formula is C12H13F3N2O3. The minimum Gasteiger partial charge on any atom is -0.396 e. The molecule has 5 nitrogen and oxygen atoms in total. The van der Waals surface area contributed by atoms with Crippen molar-refractivity contribution in [1.29, 1.82) is 0 Å². The highest BCUT2D eigenvalue weighted by atomic mass is 19.4. The molecule has 1 aliphatic heterocycles. The Bertz CT molecular complexity index is 519. The van der Waals surface area contributed by atoms with Gasteiger partial charge in [0.25, 0.3) is 5.69 Å². The van der Waals surface area contributed by atoms with Gasteiger partial charge in [-0.3, -0.25) is 10.1 Å².